The number of carbonyl (C=O) groups is 2. The van der Waals surface area contributed by atoms with Gasteiger partial charge in [0.1, 0.15) is 5.92 Å². The Labute approximate surface area is 178 Å². The number of amides is 1. The molecule has 0 aromatic heterocycles. The molecule has 0 spiro atoms. The van der Waals surface area contributed by atoms with Crippen molar-refractivity contribution in [3.05, 3.63) is 95.5 Å². The molecule has 3 atom stereocenters. The molecule has 7 heteroatoms. The standard InChI is InChI=1S/C23H19ClN2O4/c24-16-11-13-17(14-12-16)25-22(27)19-20(15-7-3-1-4-8-15)26(30-21(19)23(28)29)18-9-5-2-6-10-18/h1-14,19-21H,(H,25,27)(H,28,29)/t19-,20+,21+/m0/s1. The number of carbonyl (C=O) groups excluding carboxylic acids is 1. The number of nitrogens with one attached hydrogen (secondary N) is 1. The van der Waals surface area contributed by atoms with Crippen molar-refractivity contribution in [3.8, 4) is 0 Å². The second-order valence-corrected chi connectivity index (χ2v) is 7.34. The van der Waals surface area contributed by atoms with Crippen LogP contribution < -0.4 is 10.4 Å². The lowest BCUT2D eigenvalue weighted by atomic mass is 9.88. The molecule has 4 rings (SSSR count). The highest BCUT2D eigenvalue weighted by atomic mass is 35.5. The van der Waals surface area contributed by atoms with E-state index in [-0.39, 0.29) is 0 Å². The number of hydroxylamine groups is 1. The normalized spacial score (nSPS) is 20.7. The van der Waals surface area contributed by atoms with Gasteiger partial charge in [0, 0.05) is 10.7 Å². The number of carboxylic acids is 1. The Morgan fingerprint density at radius 1 is 0.900 bits per heavy atom. The molecule has 1 amide bonds. The van der Waals surface area contributed by atoms with Crippen molar-refractivity contribution >= 4 is 34.9 Å². The number of hydrogen-bond acceptors (Lipinski definition) is 4. The minimum atomic E-state index is -1.34. The summed E-state index contributed by atoms with van der Waals surface area (Å²) in [7, 11) is 0. The summed E-state index contributed by atoms with van der Waals surface area (Å²) in [6.07, 6.45) is -1.34. The molecule has 0 aliphatic carbocycles. The Morgan fingerprint density at radius 3 is 2.10 bits per heavy atom. The fourth-order valence-electron chi connectivity index (χ4n) is 3.59. The molecule has 1 fully saturated rings. The van der Waals surface area contributed by atoms with E-state index >= 15 is 0 Å². The van der Waals surface area contributed by atoms with Gasteiger partial charge in [0.05, 0.1) is 11.7 Å². The first-order valence-corrected chi connectivity index (χ1v) is 9.77. The predicted molar refractivity (Wildman–Crippen MR) is 114 cm³/mol. The van der Waals surface area contributed by atoms with Gasteiger partial charge in [-0.3, -0.25) is 9.63 Å². The summed E-state index contributed by atoms with van der Waals surface area (Å²) < 4.78 is 0. The lowest BCUT2D eigenvalue weighted by molar-refractivity contribution is -0.151. The molecule has 3 aromatic rings. The van der Waals surface area contributed by atoms with Gasteiger partial charge >= 0.3 is 5.97 Å². The summed E-state index contributed by atoms with van der Waals surface area (Å²) in [6.45, 7) is 0. The Hall–Kier alpha value is -3.35. The maximum atomic E-state index is 13.3. The van der Waals surface area contributed by atoms with Crippen LogP contribution in [-0.2, 0) is 14.4 Å². The fraction of sp³-hybridized carbons (Fsp3) is 0.130. The van der Waals surface area contributed by atoms with Crippen molar-refractivity contribution in [2.45, 2.75) is 12.1 Å². The monoisotopic (exact) mass is 422 g/mol. The first kappa shape index (κ1) is 19.9. The van der Waals surface area contributed by atoms with E-state index in [0.29, 0.717) is 16.4 Å². The van der Waals surface area contributed by atoms with Gasteiger partial charge in [0.2, 0.25) is 5.91 Å². The lowest BCUT2D eigenvalue weighted by Crippen LogP contribution is -2.37. The van der Waals surface area contributed by atoms with E-state index in [1.165, 1.54) is 5.06 Å². The molecule has 30 heavy (non-hydrogen) atoms. The van der Waals surface area contributed by atoms with Crippen molar-refractivity contribution < 1.29 is 19.5 Å². The van der Waals surface area contributed by atoms with Gasteiger partial charge < -0.3 is 10.4 Å². The largest absolute Gasteiger partial charge is 0.479 e. The summed E-state index contributed by atoms with van der Waals surface area (Å²) in [5.41, 5.74) is 1.97. The smallest absolute Gasteiger partial charge is 0.336 e. The summed E-state index contributed by atoms with van der Waals surface area (Å²) in [5, 5.41) is 14.7. The zero-order valence-corrected chi connectivity index (χ0v) is 16.6. The highest BCUT2D eigenvalue weighted by Gasteiger charge is 2.52. The number of carboxylic acid groups (broad SMARTS) is 1. The van der Waals surface area contributed by atoms with E-state index in [1.807, 2.05) is 60.7 Å². The first-order chi connectivity index (χ1) is 14.5. The molecule has 1 saturated heterocycles. The minimum Gasteiger partial charge on any atom is -0.479 e. The average molecular weight is 423 g/mol. The average Bonchev–Trinajstić information content (AvgIpc) is 3.18. The van der Waals surface area contributed by atoms with Crippen molar-refractivity contribution in [2.75, 3.05) is 10.4 Å². The van der Waals surface area contributed by atoms with Crippen LogP contribution in [0.4, 0.5) is 11.4 Å². The van der Waals surface area contributed by atoms with Crippen LogP contribution in [0.2, 0.25) is 5.02 Å². The number of rotatable bonds is 5. The zero-order chi connectivity index (χ0) is 21.1. The van der Waals surface area contributed by atoms with Crippen LogP contribution in [0, 0.1) is 5.92 Å². The summed E-state index contributed by atoms with van der Waals surface area (Å²) in [5.74, 6) is -2.64. The van der Waals surface area contributed by atoms with Crippen molar-refractivity contribution in [2.24, 2.45) is 5.92 Å². The van der Waals surface area contributed by atoms with E-state index < -0.39 is 29.9 Å². The van der Waals surface area contributed by atoms with Gasteiger partial charge in [0.25, 0.3) is 0 Å². The molecule has 0 unspecified atom stereocenters. The maximum Gasteiger partial charge on any atom is 0.336 e. The lowest BCUT2D eigenvalue weighted by Gasteiger charge is -2.27. The highest BCUT2D eigenvalue weighted by Crippen LogP contribution is 2.43. The first-order valence-electron chi connectivity index (χ1n) is 9.40. The van der Waals surface area contributed by atoms with E-state index in [2.05, 4.69) is 5.32 Å². The third kappa shape index (κ3) is 4.01. The van der Waals surface area contributed by atoms with E-state index in [4.69, 9.17) is 16.4 Å². The number of para-hydroxylation sites is 1. The number of aliphatic carboxylic acids is 1. The number of nitrogens with zero attached hydrogens (tertiary/aromatic N) is 1. The molecule has 1 aliphatic rings. The number of anilines is 2. The molecule has 3 aromatic carbocycles. The molecular formula is C23H19ClN2O4. The Balaban J connectivity index is 1.74. The van der Waals surface area contributed by atoms with Crippen LogP contribution in [0.3, 0.4) is 0 Å². The molecule has 2 N–H and O–H groups in total. The second-order valence-electron chi connectivity index (χ2n) is 6.90. The van der Waals surface area contributed by atoms with E-state index in [9.17, 15) is 14.7 Å². The molecule has 1 aliphatic heterocycles. The molecule has 0 radical (unpaired) electrons. The van der Waals surface area contributed by atoms with Crippen molar-refractivity contribution in [3.63, 3.8) is 0 Å². The third-order valence-electron chi connectivity index (χ3n) is 4.96. The Bertz CT molecular complexity index is 1030. The van der Waals surface area contributed by atoms with Crippen LogP contribution in [0.5, 0.6) is 0 Å². The van der Waals surface area contributed by atoms with Gasteiger partial charge in [-0.1, -0.05) is 60.1 Å². The van der Waals surface area contributed by atoms with Crippen LogP contribution in [-0.4, -0.2) is 23.1 Å². The van der Waals surface area contributed by atoms with Crippen LogP contribution >= 0.6 is 11.6 Å². The quantitative estimate of drug-likeness (QED) is 0.631. The number of benzene rings is 3. The van der Waals surface area contributed by atoms with Gasteiger partial charge in [-0.15, -0.1) is 0 Å². The summed E-state index contributed by atoms with van der Waals surface area (Å²) in [4.78, 5) is 31.1. The SMILES string of the molecule is O=C(Nc1ccc(Cl)cc1)[C@H]1[C@@H](c2ccccc2)N(c2ccccc2)O[C@H]1C(=O)O. The number of hydrogen-bond donors (Lipinski definition) is 2. The zero-order valence-electron chi connectivity index (χ0n) is 15.8. The van der Waals surface area contributed by atoms with Crippen LogP contribution in [0.15, 0.2) is 84.9 Å². The van der Waals surface area contributed by atoms with Crippen LogP contribution in [0.1, 0.15) is 11.6 Å². The van der Waals surface area contributed by atoms with E-state index in [1.54, 1.807) is 24.3 Å². The van der Waals surface area contributed by atoms with Crippen LogP contribution in [0.25, 0.3) is 0 Å². The molecule has 152 valence electrons. The minimum absolute atomic E-state index is 0.447. The molecule has 6 nitrogen and oxygen atoms in total. The van der Waals surface area contributed by atoms with E-state index in [0.717, 1.165) is 5.56 Å². The predicted octanol–water partition coefficient (Wildman–Crippen LogP) is 4.54. The second kappa shape index (κ2) is 8.57. The number of halogens is 1. The third-order valence-corrected chi connectivity index (χ3v) is 5.21. The summed E-state index contributed by atoms with van der Waals surface area (Å²) >= 11 is 5.91. The fourth-order valence-corrected chi connectivity index (χ4v) is 3.72. The molecular weight excluding hydrogens is 404 g/mol. The van der Waals surface area contributed by atoms with Gasteiger partial charge in [-0.05, 0) is 42.0 Å². The maximum absolute atomic E-state index is 13.3. The Morgan fingerprint density at radius 2 is 1.50 bits per heavy atom. The van der Waals surface area contributed by atoms with Crippen molar-refractivity contribution in [1.29, 1.82) is 0 Å². The topological polar surface area (TPSA) is 78.9 Å². The Kier molecular flexibility index (Phi) is 5.70. The van der Waals surface area contributed by atoms with Crippen molar-refractivity contribution in [1.82, 2.24) is 0 Å². The van der Waals surface area contributed by atoms with Gasteiger partial charge in [-0.2, -0.15) is 0 Å². The highest BCUT2D eigenvalue weighted by molar-refractivity contribution is 6.30. The molecule has 1 heterocycles. The van der Waals surface area contributed by atoms with Gasteiger partial charge in [-0.25, -0.2) is 9.86 Å². The summed E-state index contributed by atoms with van der Waals surface area (Å²) in [6, 6.07) is 24.4. The van der Waals surface area contributed by atoms with Gasteiger partial charge in [0.15, 0.2) is 6.10 Å². The molecule has 0 saturated carbocycles. The molecule has 0 bridgehead atoms.